The van der Waals surface area contributed by atoms with Gasteiger partial charge in [-0.3, -0.25) is 4.79 Å². The van der Waals surface area contributed by atoms with Crippen LogP contribution in [-0.2, 0) is 14.8 Å². The van der Waals surface area contributed by atoms with Crippen LogP contribution in [0.15, 0.2) is 41.3 Å². The molecule has 0 aliphatic carbocycles. The number of ether oxygens (including phenoxy) is 1. The zero-order valence-electron chi connectivity index (χ0n) is 14.5. The van der Waals surface area contributed by atoms with Crippen LogP contribution in [0.5, 0.6) is 0 Å². The molecule has 1 heterocycles. The Morgan fingerprint density at radius 1 is 1.30 bits per heavy atom. The van der Waals surface area contributed by atoms with Crippen LogP contribution in [0, 0.1) is 12.7 Å². The smallest absolute Gasteiger partial charge is 0.257 e. The number of sulfonamides is 1. The molecule has 27 heavy (non-hydrogen) atoms. The molecule has 0 bridgehead atoms. The second-order valence-electron chi connectivity index (χ2n) is 6.22. The first-order valence-corrected chi connectivity index (χ1v) is 10.1. The molecule has 2 N–H and O–H groups in total. The molecule has 1 amide bonds. The Morgan fingerprint density at radius 3 is 2.74 bits per heavy atom. The van der Waals surface area contributed by atoms with E-state index in [9.17, 15) is 17.6 Å². The lowest BCUT2D eigenvalue weighted by Crippen LogP contribution is -2.35. The van der Waals surface area contributed by atoms with E-state index in [1.807, 2.05) is 0 Å². The van der Waals surface area contributed by atoms with Crippen LogP contribution in [0.1, 0.15) is 22.3 Å². The maximum Gasteiger partial charge on any atom is 0.257 e. The largest absolute Gasteiger partial charge is 0.380 e. The summed E-state index contributed by atoms with van der Waals surface area (Å²) in [5.41, 5.74) is 0.756. The zero-order chi connectivity index (χ0) is 19.6. The minimum absolute atomic E-state index is 0.00388. The quantitative estimate of drug-likeness (QED) is 0.790. The van der Waals surface area contributed by atoms with Crippen molar-refractivity contribution in [3.63, 3.8) is 0 Å². The van der Waals surface area contributed by atoms with Crippen molar-refractivity contribution < 1.29 is 22.3 Å². The van der Waals surface area contributed by atoms with Gasteiger partial charge in [0, 0.05) is 18.3 Å². The summed E-state index contributed by atoms with van der Waals surface area (Å²) in [5.74, 6) is -0.978. The van der Waals surface area contributed by atoms with Crippen LogP contribution in [0.25, 0.3) is 0 Å². The molecule has 0 radical (unpaired) electrons. The molecule has 9 heteroatoms. The van der Waals surface area contributed by atoms with Gasteiger partial charge in [-0.2, -0.15) is 0 Å². The lowest BCUT2D eigenvalue weighted by atomic mass is 10.2. The van der Waals surface area contributed by atoms with Crippen LogP contribution in [0.4, 0.5) is 10.1 Å². The van der Waals surface area contributed by atoms with Gasteiger partial charge in [-0.1, -0.05) is 17.7 Å². The van der Waals surface area contributed by atoms with E-state index in [0.29, 0.717) is 30.9 Å². The highest BCUT2D eigenvalue weighted by molar-refractivity contribution is 7.89. The molecule has 0 unspecified atom stereocenters. The Bertz CT molecular complexity index is 975. The topological polar surface area (TPSA) is 84.5 Å². The molecule has 0 spiro atoms. The third kappa shape index (κ3) is 4.47. The summed E-state index contributed by atoms with van der Waals surface area (Å²) < 4.78 is 46.3. The summed E-state index contributed by atoms with van der Waals surface area (Å²) in [6.07, 6.45) is 0.570. The van der Waals surface area contributed by atoms with Crippen molar-refractivity contribution in [1.29, 1.82) is 0 Å². The molecule has 2 aromatic carbocycles. The number of hydrogen-bond donors (Lipinski definition) is 2. The van der Waals surface area contributed by atoms with Crippen molar-refractivity contribution in [1.82, 2.24) is 4.72 Å². The van der Waals surface area contributed by atoms with Crippen molar-refractivity contribution in [2.45, 2.75) is 24.3 Å². The first-order chi connectivity index (χ1) is 12.8. The number of nitrogens with one attached hydrogen (secondary N) is 2. The van der Waals surface area contributed by atoms with Crippen LogP contribution < -0.4 is 10.0 Å². The van der Waals surface area contributed by atoms with Crippen LogP contribution in [0.2, 0.25) is 5.02 Å². The van der Waals surface area contributed by atoms with Gasteiger partial charge in [0.15, 0.2) is 0 Å². The summed E-state index contributed by atoms with van der Waals surface area (Å²) in [6, 6.07) is 7.99. The lowest BCUT2D eigenvalue weighted by molar-refractivity contribution is 0.102. The maximum atomic E-state index is 13.4. The third-order valence-electron chi connectivity index (χ3n) is 4.16. The van der Waals surface area contributed by atoms with Crippen molar-refractivity contribution in [2.24, 2.45) is 0 Å². The highest BCUT2D eigenvalue weighted by Crippen LogP contribution is 2.27. The number of aryl methyl sites for hydroxylation is 1. The second kappa shape index (κ2) is 7.93. The SMILES string of the molecule is Cc1cc(NC(=O)c2cccc(S(=O)(=O)N[C@H]3CCOC3)c2Cl)ccc1F. The van der Waals surface area contributed by atoms with Crippen molar-refractivity contribution in [2.75, 3.05) is 18.5 Å². The van der Waals surface area contributed by atoms with Gasteiger partial charge in [-0.05, 0) is 49.2 Å². The second-order valence-corrected chi connectivity index (χ2v) is 8.28. The fourth-order valence-corrected chi connectivity index (χ4v) is 4.60. The molecule has 6 nitrogen and oxygen atoms in total. The summed E-state index contributed by atoms with van der Waals surface area (Å²) in [7, 11) is -3.91. The van der Waals surface area contributed by atoms with Gasteiger partial charge in [0.25, 0.3) is 5.91 Å². The number of benzene rings is 2. The van der Waals surface area contributed by atoms with E-state index in [-0.39, 0.29) is 27.3 Å². The van der Waals surface area contributed by atoms with Gasteiger partial charge in [-0.15, -0.1) is 0 Å². The fourth-order valence-electron chi connectivity index (χ4n) is 2.72. The number of halogens is 2. The maximum absolute atomic E-state index is 13.4. The van der Waals surface area contributed by atoms with Crippen LogP contribution in [0.3, 0.4) is 0 Å². The van der Waals surface area contributed by atoms with Gasteiger partial charge in [0.2, 0.25) is 10.0 Å². The highest BCUT2D eigenvalue weighted by atomic mass is 35.5. The molecular formula is C18H18ClFN2O4S. The molecule has 0 saturated carbocycles. The fraction of sp³-hybridized carbons (Fsp3) is 0.278. The minimum Gasteiger partial charge on any atom is -0.380 e. The molecule has 1 aliphatic heterocycles. The molecule has 0 aromatic heterocycles. The average molecular weight is 413 g/mol. The monoisotopic (exact) mass is 412 g/mol. The van der Waals surface area contributed by atoms with Gasteiger partial charge < -0.3 is 10.1 Å². The highest BCUT2D eigenvalue weighted by Gasteiger charge is 2.27. The molecular weight excluding hydrogens is 395 g/mol. The molecule has 3 rings (SSSR count). The Labute approximate surface area is 161 Å². The van der Waals surface area contributed by atoms with E-state index < -0.39 is 15.9 Å². The number of anilines is 1. The Balaban J connectivity index is 1.85. The summed E-state index contributed by atoms with van der Waals surface area (Å²) >= 11 is 6.23. The average Bonchev–Trinajstić information content (AvgIpc) is 3.10. The van der Waals surface area contributed by atoms with Crippen LogP contribution >= 0.6 is 11.6 Å². The standard InChI is InChI=1S/C18H18ClFN2O4S/c1-11-9-12(5-6-15(11)20)21-18(23)14-3-2-4-16(17(14)19)27(24,25)22-13-7-8-26-10-13/h2-6,9,13,22H,7-8,10H2,1H3,(H,21,23)/t13-/m0/s1. The third-order valence-corrected chi connectivity index (χ3v) is 6.25. The first kappa shape index (κ1) is 19.8. The van der Waals surface area contributed by atoms with Crippen molar-refractivity contribution >= 4 is 33.2 Å². The van der Waals surface area contributed by atoms with E-state index in [1.165, 1.54) is 36.4 Å². The number of rotatable bonds is 5. The predicted molar refractivity (Wildman–Crippen MR) is 100 cm³/mol. The van der Waals surface area contributed by atoms with Crippen molar-refractivity contribution in [3.8, 4) is 0 Å². The van der Waals surface area contributed by atoms with E-state index in [0.717, 1.165) is 0 Å². The van der Waals surface area contributed by atoms with E-state index >= 15 is 0 Å². The molecule has 144 valence electrons. The molecule has 1 aliphatic rings. The van der Waals surface area contributed by atoms with Gasteiger partial charge in [0.05, 0.1) is 17.2 Å². The number of carbonyl (C=O) groups excluding carboxylic acids is 1. The normalized spacial score (nSPS) is 17.1. The molecule has 1 saturated heterocycles. The number of carbonyl (C=O) groups is 1. The van der Waals surface area contributed by atoms with Gasteiger partial charge >= 0.3 is 0 Å². The molecule has 1 atom stereocenters. The lowest BCUT2D eigenvalue weighted by Gasteiger charge is -2.14. The van der Waals surface area contributed by atoms with Crippen molar-refractivity contribution in [3.05, 3.63) is 58.4 Å². The van der Waals surface area contributed by atoms with Gasteiger partial charge in [0.1, 0.15) is 10.7 Å². The number of amides is 1. The van der Waals surface area contributed by atoms with E-state index in [4.69, 9.17) is 16.3 Å². The molecule has 1 fully saturated rings. The molecule has 2 aromatic rings. The van der Waals surface area contributed by atoms with Gasteiger partial charge in [-0.25, -0.2) is 17.5 Å². The van der Waals surface area contributed by atoms with Crippen LogP contribution in [-0.4, -0.2) is 33.6 Å². The summed E-state index contributed by atoms with van der Waals surface area (Å²) in [6.45, 7) is 2.35. The zero-order valence-corrected chi connectivity index (χ0v) is 16.0. The Morgan fingerprint density at radius 2 is 2.07 bits per heavy atom. The summed E-state index contributed by atoms with van der Waals surface area (Å²) in [4.78, 5) is 12.3. The van der Waals surface area contributed by atoms with E-state index in [1.54, 1.807) is 6.92 Å². The van der Waals surface area contributed by atoms with E-state index in [2.05, 4.69) is 10.0 Å². The Hall–Kier alpha value is -2.00. The first-order valence-electron chi connectivity index (χ1n) is 8.24. The minimum atomic E-state index is -3.91. The summed E-state index contributed by atoms with van der Waals surface area (Å²) in [5, 5.41) is 2.41. The number of hydrogen-bond acceptors (Lipinski definition) is 4. The predicted octanol–water partition coefficient (Wildman–Crippen LogP) is 3.11. The Kier molecular flexibility index (Phi) is 5.81.